The standard InChI is InChI=1S/C13H19N3S/c1-5-11-12(8-16(4)15-11)14-10(3)13-7-6-9(2)17-13/h6-8,10,14H,5H2,1-4H3. The fourth-order valence-corrected chi connectivity index (χ4v) is 2.79. The molecule has 0 fully saturated rings. The molecule has 0 amide bonds. The zero-order valence-corrected chi connectivity index (χ0v) is 11.6. The van der Waals surface area contributed by atoms with Gasteiger partial charge in [-0.3, -0.25) is 4.68 Å². The molecule has 0 spiro atoms. The monoisotopic (exact) mass is 249 g/mol. The zero-order valence-electron chi connectivity index (χ0n) is 10.8. The van der Waals surface area contributed by atoms with Gasteiger partial charge in [-0.25, -0.2) is 0 Å². The van der Waals surface area contributed by atoms with Crippen molar-refractivity contribution in [1.29, 1.82) is 0 Å². The van der Waals surface area contributed by atoms with Crippen LogP contribution in [0.1, 0.15) is 35.3 Å². The van der Waals surface area contributed by atoms with E-state index in [0.717, 1.165) is 17.8 Å². The van der Waals surface area contributed by atoms with Crippen molar-refractivity contribution in [2.45, 2.75) is 33.2 Å². The second kappa shape index (κ2) is 4.92. The van der Waals surface area contributed by atoms with Gasteiger partial charge in [0.1, 0.15) is 0 Å². The highest BCUT2D eigenvalue weighted by molar-refractivity contribution is 7.12. The smallest absolute Gasteiger partial charge is 0.0853 e. The van der Waals surface area contributed by atoms with E-state index in [0.29, 0.717) is 6.04 Å². The summed E-state index contributed by atoms with van der Waals surface area (Å²) in [4.78, 5) is 2.73. The van der Waals surface area contributed by atoms with Crippen molar-refractivity contribution in [1.82, 2.24) is 9.78 Å². The number of anilines is 1. The Morgan fingerprint density at radius 1 is 1.47 bits per heavy atom. The third kappa shape index (κ3) is 2.69. The van der Waals surface area contributed by atoms with E-state index < -0.39 is 0 Å². The highest BCUT2D eigenvalue weighted by Gasteiger charge is 2.11. The van der Waals surface area contributed by atoms with E-state index in [2.05, 4.69) is 49.5 Å². The zero-order chi connectivity index (χ0) is 12.4. The van der Waals surface area contributed by atoms with Crippen LogP contribution in [-0.4, -0.2) is 9.78 Å². The van der Waals surface area contributed by atoms with Crippen molar-refractivity contribution in [2.24, 2.45) is 7.05 Å². The average molecular weight is 249 g/mol. The summed E-state index contributed by atoms with van der Waals surface area (Å²) < 4.78 is 1.87. The highest BCUT2D eigenvalue weighted by Crippen LogP contribution is 2.26. The molecule has 4 heteroatoms. The molecule has 0 bridgehead atoms. The molecule has 17 heavy (non-hydrogen) atoms. The molecule has 3 nitrogen and oxygen atoms in total. The minimum absolute atomic E-state index is 0.336. The molecule has 0 aliphatic rings. The number of nitrogens with one attached hydrogen (secondary N) is 1. The van der Waals surface area contributed by atoms with Gasteiger partial charge < -0.3 is 5.32 Å². The predicted molar refractivity (Wildman–Crippen MR) is 73.7 cm³/mol. The summed E-state index contributed by atoms with van der Waals surface area (Å²) >= 11 is 1.85. The Bertz CT molecular complexity index is 498. The van der Waals surface area contributed by atoms with Crippen LogP contribution in [0.3, 0.4) is 0 Å². The summed E-state index contributed by atoms with van der Waals surface area (Å²) in [5.74, 6) is 0. The molecule has 1 unspecified atom stereocenters. The van der Waals surface area contributed by atoms with Crippen LogP contribution in [0.4, 0.5) is 5.69 Å². The Morgan fingerprint density at radius 3 is 2.82 bits per heavy atom. The topological polar surface area (TPSA) is 29.9 Å². The van der Waals surface area contributed by atoms with E-state index >= 15 is 0 Å². The van der Waals surface area contributed by atoms with Crippen molar-refractivity contribution in [3.63, 3.8) is 0 Å². The lowest BCUT2D eigenvalue weighted by Gasteiger charge is -2.12. The maximum atomic E-state index is 4.44. The average Bonchev–Trinajstić information content (AvgIpc) is 2.85. The number of hydrogen-bond donors (Lipinski definition) is 1. The Labute approximate surface area is 106 Å². The summed E-state index contributed by atoms with van der Waals surface area (Å²) in [5, 5.41) is 7.98. The molecule has 1 N–H and O–H groups in total. The highest BCUT2D eigenvalue weighted by atomic mass is 32.1. The molecule has 2 rings (SSSR count). The summed E-state index contributed by atoms with van der Waals surface area (Å²) in [5.41, 5.74) is 2.28. The molecule has 0 saturated heterocycles. The van der Waals surface area contributed by atoms with Crippen LogP contribution in [0.15, 0.2) is 18.3 Å². The Kier molecular flexibility index (Phi) is 3.52. The number of hydrogen-bond acceptors (Lipinski definition) is 3. The lowest BCUT2D eigenvalue weighted by atomic mass is 10.2. The van der Waals surface area contributed by atoms with Crippen molar-refractivity contribution in [3.8, 4) is 0 Å². The van der Waals surface area contributed by atoms with E-state index in [-0.39, 0.29) is 0 Å². The largest absolute Gasteiger partial charge is 0.375 e. The van der Waals surface area contributed by atoms with Gasteiger partial charge in [-0.2, -0.15) is 5.10 Å². The molecule has 92 valence electrons. The van der Waals surface area contributed by atoms with E-state index in [1.54, 1.807) is 0 Å². The van der Waals surface area contributed by atoms with Crippen LogP contribution in [0.2, 0.25) is 0 Å². The third-order valence-corrected chi connectivity index (χ3v) is 3.98. The van der Waals surface area contributed by atoms with Crippen molar-refractivity contribution < 1.29 is 0 Å². The third-order valence-electron chi connectivity index (χ3n) is 2.80. The van der Waals surface area contributed by atoms with Gasteiger partial charge in [0, 0.05) is 23.0 Å². The van der Waals surface area contributed by atoms with Gasteiger partial charge in [0.15, 0.2) is 0 Å². The Morgan fingerprint density at radius 2 is 2.24 bits per heavy atom. The maximum absolute atomic E-state index is 4.44. The summed E-state index contributed by atoms with van der Waals surface area (Å²) in [6.45, 7) is 6.47. The molecule has 0 aromatic carbocycles. The van der Waals surface area contributed by atoms with Crippen LogP contribution in [0, 0.1) is 6.92 Å². The number of rotatable bonds is 4. The minimum Gasteiger partial charge on any atom is -0.375 e. The quantitative estimate of drug-likeness (QED) is 0.898. The molecular weight excluding hydrogens is 230 g/mol. The Hall–Kier alpha value is -1.29. The van der Waals surface area contributed by atoms with Crippen LogP contribution in [0.25, 0.3) is 0 Å². The van der Waals surface area contributed by atoms with Crippen molar-refractivity contribution in [3.05, 3.63) is 33.8 Å². The first kappa shape index (κ1) is 12.2. The fraction of sp³-hybridized carbons (Fsp3) is 0.462. The van der Waals surface area contributed by atoms with Crippen LogP contribution in [0.5, 0.6) is 0 Å². The van der Waals surface area contributed by atoms with Gasteiger partial charge in [0.2, 0.25) is 0 Å². The fourth-order valence-electron chi connectivity index (χ4n) is 1.91. The second-order valence-corrected chi connectivity index (χ2v) is 5.65. The number of aryl methyl sites for hydroxylation is 3. The SMILES string of the molecule is CCc1nn(C)cc1NC(C)c1ccc(C)s1. The summed E-state index contributed by atoms with van der Waals surface area (Å²) in [7, 11) is 1.96. The van der Waals surface area contributed by atoms with Gasteiger partial charge >= 0.3 is 0 Å². The Balaban J connectivity index is 2.14. The van der Waals surface area contributed by atoms with E-state index in [4.69, 9.17) is 0 Å². The number of nitrogens with zero attached hydrogens (tertiary/aromatic N) is 2. The van der Waals surface area contributed by atoms with Gasteiger partial charge in [-0.1, -0.05) is 6.92 Å². The summed E-state index contributed by atoms with van der Waals surface area (Å²) in [6.07, 6.45) is 3.01. The van der Waals surface area contributed by atoms with Gasteiger partial charge in [0.25, 0.3) is 0 Å². The second-order valence-electron chi connectivity index (χ2n) is 4.33. The van der Waals surface area contributed by atoms with Gasteiger partial charge in [-0.05, 0) is 32.4 Å². The minimum atomic E-state index is 0.336. The lowest BCUT2D eigenvalue weighted by Crippen LogP contribution is -2.05. The molecule has 2 heterocycles. The first-order valence-electron chi connectivity index (χ1n) is 5.95. The van der Waals surface area contributed by atoms with Crippen molar-refractivity contribution >= 4 is 17.0 Å². The molecule has 0 radical (unpaired) electrons. The number of thiophene rings is 1. The first-order chi connectivity index (χ1) is 8.10. The number of aromatic nitrogens is 2. The van der Waals surface area contributed by atoms with Crippen molar-refractivity contribution in [2.75, 3.05) is 5.32 Å². The summed E-state index contributed by atoms with van der Waals surface area (Å²) in [6, 6.07) is 4.70. The van der Waals surface area contributed by atoms with E-state index in [1.807, 2.05) is 23.1 Å². The molecule has 0 saturated carbocycles. The molecule has 2 aromatic heterocycles. The normalized spacial score (nSPS) is 12.7. The first-order valence-corrected chi connectivity index (χ1v) is 6.77. The van der Waals surface area contributed by atoms with Gasteiger partial charge in [-0.15, -0.1) is 11.3 Å². The van der Waals surface area contributed by atoms with Crippen LogP contribution < -0.4 is 5.32 Å². The molecule has 2 aromatic rings. The molecular formula is C13H19N3S. The van der Waals surface area contributed by atoms with E-state index in [9.17, 15) is 0 Å². The predicted octanol–water partition coefficient (Wildman–Crippen LogP) is 3.53. The van der Waals surface area contributed by atoms with Crippen LogP contribution in [-0.2, 0) is 13.5 Å². The van der Waals surface area contributed by atoms with Crippen LogP contribution >= 0.6 is 11.3 Å². The molecule has 0 aliphatic heterocycles. The molecule has 0 aliphatic carbocycles. The van der Waals surface area contributed by atoms with E-state index in [1.165, 1.54) is 9.75 Å². The maximum Gasteiger partial charge on any atom is 0.0853 e. The molecule has 1 atom stereocenters. The van der Waals surface area contributed by atoms with Gasteiger partial charge in [0.05, 0.1) is 17.4 Å². The lowest BCUT2D eigenvalue weighted by molar-refractivity contribution is 0.746.